The molecular formula is C17H17N5O2. The topological polar surface area (TPSA) is 87.9 Å². The fourth-order valence-corrected chi connectivity index (χ4v) is 3.31. The molecule has 3 aromatic rings. The van der Waals surface area contributed by atoms with Crippen molar-refractivity contribution < 1.29 is 4.92 Å². The molecule has 0 aliphatic carbocycles. The fraction of sp³-hybridized carbons (Fsp3) is 0.294. The summed E-state index contributed by atoms with van der Waals surface area (Å²) in [7, 11) is 0. The van der Waals surface area contributed by atoms with E-state index >= 15 is 0 Å². The van der Waals surface area contributed by atoms with E-state index in [-0.39, 0.29) is 10.6 Å². The van der Waals surface area contributed by atoms with Gasteiger partial charge in [-0.3, -0.25) is 10.1 Å². The summed E-state index contributed by atoms with van der Waals surface area (Å²) in [6.07, 6.45) is 3.40. The van der Waals surface area contributed by atoms with Crippen molar-refractivity contribution in [3.8, 4) is 0 Å². The van der Waals surface area contributed by atoms with E-state index in [0.29, 0.717) is 11.7 Å². The first-order chi connectivity index (χ1) is 11.7. The molecule has 0 spiro atoms. The van der Waals surface area contributed by atoms with Gasteiger partial charge in [-0.05, 0) is 31.0 Å². The quantitative estimate of drug-likeness (QED) is 0.590. The monoisotopic (exact) mass is 323 g/mol. The molecule has 1 aliphatic rings. The zero-order valence-electron chi connectivity index (χ0n) is 13.1. The van der Waals surface area contributed by atoms with Crippen molar-refractivity contribution in [3.05, 3.63) is 58.5 Å². The number of para-hydroxylation sites is 2. The van der Waals surface area contributed by atoms with Gasteiger partial charge in [0.25, 0.3) is 0 Å². The van der Waals surface area contributed by atoms with Crippen LogP contribution in [-0.4, -0.2) is 33.0 Å². The minimum absolute atomic E-state index is 0.0692. The number of nitrogens with zero attached hydrogens (tertiary/aromatic N) is 4. The summed E-state index contributed by atoms with van der Waals surface area (Å²) in [5.41, 5.74) is 2.10. The van der Waals surface area contributed by atoms with Crippen molar-refractivity contribution in [1.82, 2.24) is 15.0 Å². The van der Waals surface area contributed by atoms with Crippen LogP contribution in [0, 0.1) is 10.1 Å². The van der Waals surface area contributed by atoms with Gasteiger partial charge < -0.3 is 9.88 Å². The number of anilines is 1. The Morgan fingerprint density at radius 2 is 1.96 bits per heavy atom. The molecular weight excluding hydrogens is 306 g/mol. The summed E-state index contributed by atoms with van der Waals surface area (Å²) in [6, 6.07) is 11.1. The molecule has 7 heteroatoms. The lowest BCUT2D eigenvalue weighted by molar-refractivity contribution is -0.384. The van der Waals surface area contributed by atoms with Crippen molar-refractivity contribution in [1.29, 1.82) is 0 Å². The summed E-state index contributed by atoms with van der Waals surface area (Å²) in [5.74, 6) is 1.81. The molecule has 0 radical (unpaired) electrons. The fourth-order valence-electron chi connectivity index (χ4n) is 3.31. The van der Waals surface area contributed by atoms with E-state index in [1.54, 1.807) is 12.3 Å². The zero-order chi connectivity index (χ0) is 16.5. The summed E-state index contributed by atoms with van der Waals surface area (Å²) in [5, 5.41) is 11.2. The lowest BCUT2D eigenvalue weighted by atomic mass is 9.96. The number of H-pyrrole nitrogens is 1. The Morgan fingerprint density at radius 1 is 1.17 bits per heavy atom. The van der Waals surface area contributed by atoms with Gasteiger partial charge in [-0.2, -0.15) is 0 Å². The number of imidazole rings is 1. The van der Waals surface area contributed by atoms with E-state index < -0.39 is 0 Å². The minimum Gasteiger partial charge on any atom is -0.351 e. The number of aromatic amines is 1. The van der Waals surface area contributed by atoms with E-state index in [1.807, 2.05) is 29.2 Å². The smallest absolute Gasteiger partial charge is 0.311 e. The van der Waals surface area contributed by atoms with Crippen molar-refractivity contribution in [2.24, 2.45) is 0 Å². The van der Waals surface area contributed by atoms with Crippen LogP contribution in [0.15, 0.2) is 42.6 Å². The Labute approximate surface area is 138 Å². The Morgan fingerprint density at radius 3 is 2.71 bits per heavy atom. The van der Waals surface area contributed by atoms with Gasteiger partial charge in [-0.25, -0.2) is 9.97 Å². The predicted molar refractivity (Wildman–Crippen MR) is 91.2 cm³/mol. The van der Waals surface area contributed by atoms with Gasteiger partial charge in [-0.15, -0.1) is 0 Å². The van der Waals surface area contributed by atoms with Crippen LogP contribution < -0.4 is 4.90 Å². The van der Waals surface area contributed by atoms with E-state index in [4.69, 9.17) is 0 Å². The molecule has 0 atom stereocenters. The SMILES string of the molecule is O=[N+]([O-])c1cccnc1N1CCC(c2nc3ccccc3[nH]2)CC1. The third-order valence-corrected chi connectivity index (χ3v) is 4.55. The van der Waals surface area contributed by atoms with Gasteiger partial charge in [0.2, 0.25) is 5.82 Å². The maximum atomic E-state index is 11.2. The Bertz CT molecular complexity index is 850. The number of pyridine rings is 1. The number of rotatable bonds is 3. The van der Waals surface area contributed by atoms with Gasteiger partial charge >= 0.3 is 5.69 Å². The van der Waals surface area contributed by atoms with Crippen LogP contribution in [0.25, 0.3) is 11.0 Å². The second-order valence-electron chi connectivity index (χ2n) is 6.00. The molecule has 24 heavy (non-hydrogen) atoms. The number of hydrogen-bond donors (Lipinski definition) is 1. The first kappa shape index (κ1) is 14.6. The first-order valence-electron chi connectivity index (χ1n) is 8.01. The molecule has 0 bridgehead atoms. The third-order valence-electron chi connectivity index (χ3n) is 4.55. The molecule has 0 amide bonds. The third kappa shape index (κ3) is 2.58. The largest absolute Gasteiger partial charge is 0.351 e. The molecule has 4 rings (SSSR count). The highest BCUT2D eigenvalue weighted by Gasteiger charge is 2.27. The van der Waals surface area contributed by atoms with Crippen LogP contribution in [0.1, 0.15) is 24.6 Å². The molecule has 1 aromatic carbocycles. The molecule has 1 saturated heterocycles. The number of nitrogens with one attached hydrogen (secondary N) is 1. The molecule has 2 aromatic heterocycles. The number of aromatic nitrogens is 3. The van der Waals surface area contributed by atoms with Crippen molar-refractivity contribution in [2.75, 3.05) is 18.0 Å². The van der Waals surface area contributed by atoms with Crippen LogP contribution in [-0.2, 0) is 0 Å². The summed E-state index contributed by atoms with van der Waals surface area (Å²) >= 11 is 0. The van der Waals surface area contributed by atoms with Crippen LogP contribution >= 0.6 is 0 Å². The van der Waals surface area contributed by atoms with Crippen molar-refractivity contribution in [2.45, 2.75) is 18.8 Å². The second-order valence-corrected chi connectivity index (χ2v) is 6.00. The zero-order valence-corrected chi connectivity index (χ0v) is 13.1. The highest BCUT2D eigenvalue weighted by molar-refractivity contribution is 5.74. The lowest BCUT2D eigenvalue weighted by Gasteiger charge is -2.31. The average molecular weight is 323 g/mol. The van der Waals surface area contributed by atoms with Crippen LogP contribution in [0.2, 0.25) is 0 Å². The summed E-state index contributed by atoms with van der Waals surface area (Å²) < 4.78 is 0. The average Bonchev–Trinajstić information content (AvgIpc) is 3.06. The van der Waals surface area contributed by atoms with Gasteiger partial charge in [0, 0.05) is 31.3 Å². The van der Waals surface area contributed by atoms with Crippen LogP contribution in [0.4, 0.5) is 11.5 Å². The maximum Gasteiger partial charge on any atom is 0.311 e. The van der Waals surface area contributed by atoms with E-state index in [9.17, 15) is 10.1 Å². The highest BCUT2D eigenvalue weighted by Crippen LogP contribution is 2.32. The number of benzene rings is 1. The first-order valence-corrected chi connectivity index (χ1v) is 8.01. The predicted octanol–water partition coefficient (Wildman–Crippen LogP) is 3.25. The van der Waals surface area contributed by atoms with Gasteiger partial charge in [0.1, 0.15) is 5.82 Å². The number of fused-ring (bicyclic) bond motifs is 1. The molecule has 1 N–H and O–H groups in total. The molecule has 122 valence electrons. The van der Waals surface area contributed by atoms with Gasteiger partial charge in [0.05, 0.1) is 16.0 Å². The summed E-state index contributed by atoms with van der Waals surface area (Å²) in [4.78, 5) is 25.1. The summed E-state index contributed by atoms with van der Waals surface area (Å²) in [6.45, 7) is 1.47. The normalized spacial score (nSPS) is 15.8. The minimum atomic E-state index is -0.367. The van der Waals surface area contributed by atoms with Crippen LogP contribution in [0.3, 0.4) is 0 Å². The van der Waals surface area contributed by atoms with E-state index in [0.717, 1.165) is 42.8 Å². The molecule has 7 nitrogen and oxygen atoms in total. The van der Waals surface area contributed by atoms with Crippen molar-refractivity contribution >= 4 is 22.5 Å². The number of nitro groups is 1. The Hall–Kier alpha value is -2.96. The highest BCUT2D eigenvalue weighted by atomic mass is 16.6. The Kier molecular flexibility index (Phi) is 3.60. The Balaban J connectivity index is 1.52. The molecule has 1 fully saturated rings. The van der Waals surface area contributed by atoms with E-state index in [2.05, 4.69) is 15.0 Å². The van der Waals surface area contributed by atoms with Crippen molar-refractivity contribution in [3.63, 3.8) is 0 Å². The maximum absolute atomic E-state index is 11.2. The molecule has 1 aliphatic heterocycles. The van der Waals surface area contributed by atoms with Crippen LogP contribution in [0.5, 0.6) is 0 Å². The lowest BCUT2D eigenvalue weighted by Crippen LogP contribution is -2.34. The molecule has 0 saturated carbocycles. The molecule has 0 unspecified atom stereocenters. The second kappa shape index (κ2) is 5.92. The standard InChI is InChI=1S/C17H17N5O2/c23-22(24)15-6-3-9-18-17(15)21-10-7-12(8-11-21)16-19-13-4-1-2-5-14(13)20-16/h1-6,9,12H,7-8,10-11H2,(H,19,20). The number of hydrogen-bond acceptors (Lipinski definition) is 5. The number of piperidine rings is 1. The van der Waals surface area contributed by atoms with Gasteiger partial charge in [0.15, 0.2) is 0 Å². The van der Waals surface area contributed by atoms with E-state index in [1.165, 1.54) is 6.07 Å². The molecule has 3 heterocycles. The van der Waals surface area contributed by atoms with Gasteiger partial charge in [-0.1, -0.05) is 12.1 Å².